The summed E-state index contributed by atoms with van der Waals surface area (Å²) in [6.07, 6.45) is 0.176. The van der Waals surface area contributed by atoms with Crippen molar-refractivity contribution in [3.05, 3.63) is 65.2 Å². The number of hydrogen-bond donors (Lipinski definition) is 2. The number of nitrogens with zero attached hydrogens (tertiary/aromatic N) is 1. The molecule has 5 heteroatoms. The van der Waals surface area contributed by atoms with E-state index in [0.717, 1.165) is 23.4 Å². The largest absolute Gasteiger partial charge is 0.374 e. The van der Waals surface area contributed by atoms with Crippen LogP contribution in [0.4, 0.5) is 10.5 Å². The molecule has 2 N–H and O–H groups in total. The molecule has 0 saturated heterocycles. The van der Waals surface area contributed by atoms with E-state index in [2.05, 4.69) is 48.6 Å². The van der Waals surface area contributed by atoms with Crippen LogP contribution in [0.1, 0.15) is 44.4 Å². The van der Waals surface area contributed by atoms with E-state index in [1.807, 2.05) is 50.2 Å². The Labute approximate surface area is 169 Å². The second-order valence-electron chi connectivity index (χ2n) is 7.65. The fourth-order valence-corrected chi connectivity index (χ4v) is 2.69. The van der Waals surface area contributed by atoms with Crippen molar-refractivity contribution in [1.82, 2.24) is 10.2 Å². The van der Waals surface area contributed by atoms with Gasteiger partial charge in [0.15, 0.2) is 0 Å². The maximum absolute atomic E-state index is 12.3. The number of rotatable bonds is 9. The molecule has 2 rings (SSSR count). The van der Waals surface area contributed by atoms with Crippen LogP contribution in [0.3, 0.4) is 0 Å². The highest BCUT2D eigenvalue weighted by Gasteiger charge is 2.09. The van der Waals surface area contributed by atoms with E-state index in [1.54, 1.807) is 0 Å². The van der Waals surface area contributed by atoms with Gasteiger partial charge in [0.2, 0.25) is 0 Å². The van der Waals surface area contributed by atoms with E-state index < -0.39 is 0 Å². The van der Waals surface area contributed by atoms with Gasteiger partial charge in [-0.15, -0.1) is 0 Å². The number of urea groups is 1. The highest BCUT2D eigenvalue weighted by atomic mass is 16.5. The third-order valence-corrected chi connectivity index (χ3v) is 4.63. The first kappa shape index (κ1) is 21.9. The van der Waals surface area contributed by atoms with Crippen molar-refractivity contribution in [3.63, 3.8) is 0 Å². The lowest BCUT2D eigenvalue weighted by Gasteiger charge is -2.22. The van der Waals surface area contributed by atoms with E-state index in [0.29, 0.717) is 19.2 Å². The molecule has 0 atom stereocenters. The zero-order valence-corrected chi connectivity index (χ0v) is 17.7. The molecule has 0 bridgehead atoms. The first-order chi connectivity index (χ1) is 13.3. The fraction of sp³-hybridized carbons (Fsp3) is 0.435. The average molecular weight is 384 g/mol. The van der Waals surface area contributed by atoms with Crippen molar-refractivity contribution in [3.8, 4) is 0 Å². The first-order valence-corrected chi connectivity index (χ1v) is 9.87. The molecule has 0 spiro atoms. The molecule has 2 amide bonds. The lowest BCUT2D eigenvalue weighted by Crippen LogP contribution is -2.30. The Kier molecular flexibility index (Phi) is 8.48. The molecule has 0 radical (unpaired) electrons. The minimum Gasteiger partial charge on any atom is -0.374 e. The van der Waals surface area contributed by atoms with E-state index in [9.17, 15) is 4.79 Å². The number of benzene rings is 2. The van der Waals surface area contributed by atoms with Crippen molar-refractivity contribution in [2.24, 2.45) is 0 Å². The molecule has 0 aromatic heterocycles. The van der Waals surface area contributed by atoms with Crippen molar-refractivity contribution < 1.29 is 9.53 Å². The van der Waals surface area contributed by atoms with Gasteiger partial charge in [0, 0.05) is 24.8 Å². The summed E-state index contributed by atoms with van der Waals surface area (Å²) in [5, 5.41) is 5.86. The third-order valence-electron chi connectivity index (χ3n) is 4.63. The SMILES string of the molecule is CC(C)OCc1cccc(NC(=O)NCc2ccccc2CN(C)C(C)C)c1. The summed E-state index contributed by atoms with van der Waals surface area (Å²) in [7, 11) is 2.11. The summed E-state index contributed by atoms with van der Waals surface area (Å²) in [4.78, 5) is 14.6. The monoisotopic (exact) mass is 383 g/mol. The second kappa shape index (κ2) is 10.8. The minimum absolute atomic E-state index is 0.176. The summed E-state index contributed by atoms with van der Waals surface area (Å²) in [6, 6.07) is 16.2. The van der Waals surface area contributed by atoms with Crippen molar-refractivity contribution in [2.75, 3.05) is 12.4 Å². The van der Waals surface area contributed by atoms with E-state index in [-0.39, 0.29) is 12.1 Å². The van der Waals surface area contributed by atoms with Crippen LogP contribution in [-0.2, 0) is 24.4 Å². The molecule has 2 aromatic carbocycles. The summed E-state index contributed by atoms with van der Waals surface area (Å²) < 4.78 is 5.62. The zero-order chi connectivity index (χ0) is 20.5. The van der Waals surface area contributed by atoms with Crippen molar-refractivity contribution in [1.29, 1.82) is 0 Å². The summed E-state index contributed by atoms with van der Waals surface area (Å²) >= 11 is 0. The van der Waals surface area contributed by atoms with Crippen LogP contribution in [0.25, 0.3) is 0 Å². The number of carbonyl (C=O) groups is 1. The molecular weight excluding hydrogens is 350 g/mol. The van der Waals surface area contributed by atoms with Gasteiger partial charge < -0.3 is 15.4 Å². The van der Waals surface area contributed by atoms with Gasteiger partial charge in [-0.05, 0) is 63.6 Å². The smallest absolute Gasteiger partial charge is 0.319 e. The summed E-state index contributed by atoms with van der Waals surface area (Å²) in [5.74, 6) is 0. The van der Waals surface area contributed by atoms with E-state index in [1.165, 1.54) is 5.56 Å². The molecule has 0 aliphatic rings. The van der Waals surface area contributed by atoms with Crippen LogP contribution in [0.2, 0.25) is 0 Å². The highest BCUT2D eigenvalue weighted by Crippen LogP contribution is 2.14. The molecular formula is C23H33N3O2. The maximum atomic E-state index is 12.3. The lowest BCUT2D eigenvalue weighted by atomic mass is 10.1. The topological polar surface area (TPSA) is 53.6 Å². The van der Waals surface area contributed by atoms with Gasteiger partial charge in [0.1, 0.15) is 0 Å². The molecule has 0 unspecified atom stereocenters. The van der Waals surface area contributed by atoms with Gasteiger partial charge in [0.25, 0.3) is 0 Å². The number of ether oxygens (including phenoxy) is 1. The van der Waals surface area contributed by atoms with E-state index >= 15 is 0 Å². The average Bonchev–Trinajstić information content (AvgIpc) is 2.66. The van der Waals surface area contributed by atoms with Gasteiger partial charge in [-0.1, -0.05) is 36.4 Å². The van der Waals surface area contributed by atoms with Crippen molar-refractivity contribution in [2.45, 2.75) is 59.5 Å². The second-order valence-corrected chi connectivity index (χ2v) is 7.65. The summed E-state index contributed by atoms with van der Waals surface area (Å²) in [5.41, 5.74) is 4.15. The predicted octanol–water partition coefficient (Wildman–Crippen LogP) is 4.77. The maximum Gasteiger partial charge on any atom is 0.319 e. The molecule has 0 aliphatic carbocycles. The molecule has 0 saturated carbocycles. The Morgan fingerprint density at radius 3 is 2.43 bits per heavy atom. The first-order valence-electron chi connectivity index (χ1n) is 9.87. The Hall–Kier alpha value is -2.37. The molecule has 0 aliphatic heterocycles. The highest BCUT2D eigenvalue weighted by molar-refractivity contribution is 5.89. The molecule has 0 fully saturated rings. The number of anilines is 1. The van der Waals surface area contributed by atoms with Crippen LogP contribution in [-0.4, -0.2) is 30.1 Å². The third kappa shape index (κ3) is 7.33. The molecule has 2 aromatic rings. The van der Waals surface area contributed by atoms with Crippen LogP contribution < -0.4 is 10.6 Å². The van der Waals surface area contributed by atoms with Crippen LogP contribution >= 0.6 is 0 Å². The van der Waals surface area contributed by atoms with Crippen LogP contribution in [0.15, 0.2) is 48.5 Å². The molecule has 152 valence electrons. The minimum atomic E-state index is -0.214. The van der Waals surface area contributed by atoms with E-state index in [4.69, 9.17) is 4.74 Å². The molecule has 5 nitrogen and oxygen atoms in total. The zero-order valence-electron chi connectivity index (χ0n) is 17.7. The van der Waals surface area contributed by atoms with Gasteiger partial charge in [-0.2, -0.15) is 0 Å². The Bertz CT molecular complexity index is 759. The lowest BCUT2D eigenvalue weighted by molar-refractivity contribution is 0.0657. The van der Waals surface area contributed by atoms with Gasteiger partial charge in [-0.25, -0.2) is 4.79 Å². The fourth-order valence-electron chi connectivity index (χ4n) is 2.69. The normalized spacial score (nSPS) is 11.3. The quantitative estimate of drug-likeness (QED) is 0.656. The molecule has 0 heterocycles. The number of hydrogen-bond acceptors (Lipinski definition) is 3. The van der Waals surface area contributed by atoms with Crippen molar-refractivity contribution >= 4 is 11.7 Å². The standard InChI is InChI=1S/C23H33N3O2/c1-17(2)26(5)15-21-11-7-6-10-20(21)14-24-23(27)25-22-12-8-9-19(13-22)16-28-18(3)4/h6-13,17-18H,14-16H2,1-5H3,(H2,24,25,27). The number of nitrogens with one attached hydrogen (secondary N) is 2. The van der Waals surface area contributed by atoms with Gasteiger partial charge >= 0.3 is 6.03 Å². The Morgan fingerprint density at radius 1 is 1.04 bits per heavy atom. The Morgan fingerprint density at radius 2 is 1.75 bits per heavy atom. The van der Waals surface area contributed by atoms with Gasteiger partial charge in [0.05, 0.1) is 12.7 Å². The van der Waals surface area contributed by atoms with Crippen LogP contribution in [0.5, 0.6) is 0 Å². The number of amides is 2. The summed E-state index contributed by atoms with van der Waals surface area (Å²) in [6.45, 7) is 10.2. The molecule has 28 heavy (non-hydrogen) atoms. The van der Waals surface area contributed by atoms with Crippen LogP contribution in [0, 0.1) is 0 Å². The Balaban J connectivity index is 1.92. The van der Waals surface area contributed by atoms with Gasteiger partial charge in [-0.3, -0.25) is 4.90 Å². The predicted molar refractivity (Wildman–Crippen MR) is 115 cm³/mol. The number of carbonyl (C=O) groups excluding carboxylic acids is 1.